The molecule has 0 spiro atoms. The molecule has 25 heavy (non-hydrogen) atoms. The molecule has 2 aromatic carbocycles. The summed E-state index contributed by atoms with van der Waals surface area (Å²) in [5.74, 6) is 1.92. The first-order valence-corrected chi connectivity index (χ1v) is 7.88. The monoisotopic (exact) mass is 360 g/mol. The Morgan fingerprint density at radius 1 is 0.840 bits per heavy atom. The zero-order chi connectivity index (χ0) is 18.4. The van der Waals surface area contributed by atoms with E-state index in [0.717, 1.165) is 5.56 Å². The Hall–Kier alpha value is -2.60. The maximum Gasteiger partial charge on any atom is 0.190 e. The minimum Gasteiger partial charge on any atom is -0.496 e. The van der Waals surface area contributed by atoms with Crippen LogP contribution in [-0.2, 0) is 0 Å². The van der Waals surface area contributed by atoms with Crippen molar-refractivity contribution in [2.24, 2.45) is 0 Å². The highest BCUT2D eigenvalue weighted by Gasteiger charge is 2.17. The van der Waals surface area contributed by atoms with Gasteiger partial charge in [-0.05, 0) is 35.9 Å². The first-order valence-electron chi connectivity index (χ1n) is 7.44. The van der Waals surface area contributed by atoms with Crippen LogP contribution in [0.2, 0.25) is 0 Å². The number of benzene rings is 2. The predicted octanol–water partition coefficient (Wildman–Crippen LogP) is 3.91. The standard InChI is InChI=1S/C19H20O5S/c1-21-14-8-6-12(11-17(14)24-4)5-7-13(20)18-15(22-2)9-10-16(23-3)19(18)25/h5-11,25H,1-4H3/b7-5+. The molecular formula is C19H20O5S. The van der Waals surface area contributed by atoms with Gasteiger partial charge in [0.15, 0.2) is 17.3 Å². The molecule has 0 amide bonds. The normalized spacial score (nSPS) is 10.6. The molecule has 2 aromatic rings. The summed E-state index contributed by atoms with van der Waals surface area (Å²) >= 11 is 4.40. The second kappa shape index (κ2) is 8.48. The molecular weight excluding hydrogens is 340 g/mol. The highest BCUT2D eigenvalue weighted by molar-refractivity contribution is 7.80. The van der Waals surface area contributed by atoms with Gasteiger partial charge >= 0.3 is 0 Å². The lowest BCUT2D eigenvalue weighted by molar-refractivity contribution is 0.104. The fourth-order valence-electron chi connectivity index (χ4n) is 2.34. The molecule has 0 unspecified atom stereocenters. The van der Waals surface area contributed by atoms with Crippen molar-refractivity contribution < 1.29 is 23.7 Å². The Bertz CT molecular complexity index is 799. The number of allylic oxidation sites excluding steroid dienone is 1. The number of methoxy groups -OCH3 is 4. The molecule has 2 rings (SSSR count). The lowest BCUT2D eigenvalue weighted by atomic mass is 10.1. The van der Waals surface area contributed by atoms with Crippen LogP contribution in [0.4, 0.5) is 0 Å². The summed E-state index contributed by atoms with van der Waals surface area (Å²) in [5, 5.41) is 0. The molecule has 0 aliphatic heterocycles. The quantitative estimate of drug-likeness (QED) is 0.461. The minimum atomic E-state index is -0.240. The van der Waals surface area contributed by atoms with Gasteiger partial charge in [-0.25, -0.2) is 0 Å². The number of carbonyl (C=O) groups excluding carboxylic acids is 1. The maximum atomic E-state index is 12.6. The van der Waals surface area contributed by atoms with Crippen LogP contribution >= 0.6 is 12.6 Å². The van der Waals surface area contributed by atoms with Gasteiger partial charge in [-0.3, -0.25) is 4.79 Å². The average Bonchev–Trinajstić information content (AvgIpc) is 2.65. The van der Waals surface area contributed by atoms with Gasteiger partial charge in [-0.1, -0.05) is 12.1 Å². The van der Waals surface area contributed by atoms with E-state index in [1.165, 1.54) is 20.3 Å². The van der Waals surface area contributed by atoms with E-state index in [0.29, 0.717) is 33.5 Å². The first-order chi connectivity index (χ1) is 12.0. The predicted molar refractivity (Wildman–Crippen MR) is 99.7 cm³/mol. The van der Waals surface area contributed by atoms with Crippen molar-refractivity contribution in [3.05, 3.63) is 47.5 Å². The van der Waals surface area contributed by atoms with E-state index in [1.807, 2.05) is 6.07 Å². The van der Waals surface area contributed by atoms with Crippen LogP contribution < -0.4 is 18.9 Å². The van der Waals surface area contributed by atoms with Gasteiger partial charge in [0, 0.05) is 0 Å². The van der Waals surface area contributed by atoms with E-state index in [-0.39, 0.29) is 5.78 Å². The number of rotatable bonds is 7. The molecule has 0 aromatic heterocycles. The third kappa shape index (κ3) is 4.09. The lowest BCUT2D eigenvalue weighted by Gasteiger charge is -2.12. The van der Waals surface area contributed by atoms with Crippen LogP contribution in [0.3, 0.4) is 0 Å². The summed E-state index contributed by atoms with van der Waals surface area (Å²) in [6.07, 6.45) is 3.15. The van der Waals surface area contributed by atoms with Crippen LogP contribution in [-0.4, -0.2) is 34.2 Å². The Kier molecular flexibility index (Phi) is 6.36. The van der Waals surface area contributed by atoms with E-state index < -0.39 is 0 Å². The second-order valence-corrected chi connectivity index (χ2v) is 5.45. The molecule has 5 nitrogen and oxygen atoms in total. The summed E-state index contributed by atoms with van der Waals surface area (Å²) in [6.45, 7) is 0. The van der Waals surface area contributed by atoms with Crippen LogP contribution in [0.25, 0.3) is 6.08 Å². The van der Waals surface area contributed by atoms with Crippen LogP contribution in [0.15, 0.2) is 41.3 Å². The molecule has 0 fully saturated rings. The minimum absolute atomic E-state index is 0.240. The van der Waals surface area contributed by atoms with E-state index in [9.17, 15) is 4.79 Å². The Morgan fingerprint density at radius 3 is 2.00 bits per heavy atom. The molecule has 132 valence electrons. The van der Waals surface area contributed by atoms with Gasteiger partial charge in [0.05, 0.1) is 38.9 Å². The molecule has 0 aliphatic rings. The van der Waals surface area contributed by atoms with Crippen molar-refractivity contribution >= 4 is 24.5 Å². The molecule has 0 aliphatic carbocycles. The van der Waals surface area contributed by atoms with Gasteiger partial charge in [0.2, 0.25) is 0 Å². The highest BCUT2D eigenvalue weighted by atomic mass is 32.1. The molecule has 0 radical (unpaired) electrons. The maximum absolute atomic E-state index is 12.6. The summed E-state index contributed by atoms with van der Waals surface area (Å²) in [7, 11) is 6.16. The number of hydrogen-bond acceptors (Lipinski definition) is 6. The van der Waals surface area contributed by atoms with Gasteiger partial charge in [0.1, 0.15) is 11.5 Å². The summed E-state index contributed by atoms with van der Waals surface area (Å²) < 4.78 is 20.9. The second-order valence-electron chi connectivity index (χ2n) is 5.01. The van der Waals surface area contributed by atoms with Crippen molar-refractivity contribution in [2.75, 3.05) is 28.4 Å². The molecule has 0 saturated carbocycles. The lowest BCUT2D eigenvalue weighted by Crippen LogP contribution is -2.02. The van der Waals surface area contributed by atoms with Crippen molar-refractivity contribution in [1.29, 1.82) is 0 Å². The molecule has 6 heteroatoms. The van der Waals surface area contributed by atoms with Crippen molar-refractivity contribution in [3.8, 4) is 23.0 Å². The fourth-order valence-corrected chi connectivity index (χ4v) is 2.72. The van der Waals surface area contributed by atoms with E-state index in [1.54, 1.807) is 44.6 Å². The number of ketones is 1. The molecule has 0 atom stereocenters. The van der Waals surface area contributed by atoms with Crippen molar-refractivity contribution in [3.63, 3.8) is 0 Å². The fraction of sp³-hybridized carbons (Fsp3) is 0.211. The number of hydrogen-bond donors (Lipinski definition) is 1. The molecule has 0 saturated heterocycles. The first kappa shape index (κ1) is 18.7. The Labute approximate surface area is 152 Å². The van der Waals surface area contributed by atoms with Gasteiger partial charge in [-0.2, -0.15) is 0 Å². The summed E-state index contributed by atoms with van der Waals surface area (Å²) in [5.41, 5.74) is 1.15. The summed E-state index contributed by atoms with van der Waals surface area (Å²) in [4.78, 5) is 13.1. The third-order valence-corrected chi connectivity index (χ3v) is 4.07. The molecule has 0 heterocycles. The number of carbonyl (C=O) groups is 1. The van der Waals surface area contributed by atoms with E-state index in [2.05, 4.69) is 12.6 Å². The Morgan fingerprint density at radius 2 is 1.40 bits per heavy atom. The molecule has 0 bridgehead atoms. The smallest absolute Gasteiger partial charge is 0.190 e. The zero-order valence-corrected chi connectivity index (χ0v) is 15.4. The highest BCUT2D eigenvalue weighted by Crippen LogP contribution is 2.34. The largest absolute Gasteiger partial charge is 0.496 e. The number of thiol groups is 1. The van der Waals surface area contributed by atoms with Gasteiger partial charge in [0.25, 0.3) is 0 Å². The summed E-state index contributed by atoms with van der Waals surface area (Å²) in [6, 6.07) is 8.77. The van der Waals surface area contributed by atoms with Crippen LogP contribution in [0.1, 0.15) is 15.9 Å². The average molecular weight is 360 g/mol. The van der Waals surface area contributed by atoms with Gasteiger partial charge < -0.3 is 18.9 Å². The molecule has 0 N–H and O–H groups in total. The third-order valence-electron chi connectivity index (χ3n) is 3.62. The topological polar surface area (TPSA) is 54.0 Å². The zero-order valence-electron chi connectivity index (χ0n) is 14.5. The van der Waals surface area contributed by atoms with E-state index in [4.69, 9.17) is 18.9 Å². The Balaban J connectivity index is 2.35. The van der Waals surface area contributed by atoms with Crippen molar-refractivity contribution in [2.45, 2.75) is 4.90 Å². The number of ether oxygens (including phenoxy) is 4. The SMILES string of the molecule is COc1ccc(/C=C/C(=O)c2c(OC)ccc(OC)c2S)cc1OC. The van der Waals surface area contributed by atoms with Gasteiger partial charge in [-0.15, -0.1) is 12.6 Å². The van der Waals surface area contributed by atoms with E-state index >= 15 is 0 Å². The van der Waals surface area contributed by atoms with Crippen LogP contribution in [0, 0.1) is 0 Å². The van der Waals surface area contributed by atoms with Crippen LogP contribution in [0.5, 0.6) is 23.0 Å². The van der Waals surface area contributed by atoms with Crippen molar-refractivity contribution in [1.82, 2.24) is 0 Å².